The molecule has 4 nitrogen and oxygen atoms in total. The third-order valence-corrected chi connectivity index (χ3v) is 1.70. The average molecular weight is 247 g/mol. The molecule has 0 aliphatic heterocycles. The summed E-state index contributed by atoms with van der Waals surface area (Å²) in [5.74, 6) is -0.958. The second-order valence-corrected chi connectivity index (χ2v) is 2.95. The van der Waals surface area contributed by atoms with Crippen LogP contribution in [0.3, 0.4) is 0 Å². The lowest BCUT2D eigenvalue weighted by atomic mass is 10.2. The molecule has 0 spiro atoms. The zero-order chi connectivity index (χ0) is 12.9. The Morgan fingerprint density at radius 2 is 1.88 bits per heavy atom. The van der Waals surface area contributed by atoms with E-state index in [9.17, 15) is 22.8 Å². The summed E-state index contributed by atoms with van der Waals surface area (Å²) in [5.41, 5.74) is 0.140. The molecule has 0 bridgehead atoms. The molecule has 0 aromatic heterocycles. The fourth-order valence-electron chi connectivity index (χ4n) is 1.04. The molecule has 0 saturated carbocycles. The van der Waals surface area contributed by atoms with Crippen molar-refractivity contribution < 1.29 is 27.5 Å². The van der Waals surface area contributed by atoms with E-state index in [-0.39, 0.29) is 12.1 Å². The van der Waals surface area contributed by atoms with Crippen molar-refractivity contribution in [2.24, 2.45) is 0 Å². The van der Waals surface area contributed by atoms with Crippen LogP contribution in [-0.2, 0) is 4.79 Å². The van der Waals surface area contributed by atoms with Crippen LogP contribution in [0.15, 0.2) is 24.3 Å². The fourth-order valence-corrected chi connectivity index (χ4v) is 1.04. The highest BCUT2D eigenvalue weighted by Gasteiger charge is 2.30. The topological polar surface area (TPSA) is 55.4 Å². The quantitative estimate of drug-likeness (QED) is 0.820. The van der Waals surface area contributed by atoms with Gasteiger partial charge in [-0.05, 0) is 24.3 Å². The fraction of sp³-hybridized carbons (Fsp3) is 0.200. The summed E-state index contributed by atoms with van der Waals surface area (Å²) in [6, 6.07) is 4.37. The Hall–Kier alpha value is -2.05. The smallest absolute Gasteiger partial charge is 0.406 e. The second kappa shape index (κ2) is 5.33. The normalized spacial score (nSPS) is 10.8. The zero-order valence-electron chi connectivity index (χ0n) is 8.45. The molecular formula is C10H8F3NO3. The lowest BCUT2D eigenvalue weighted by molar-refractivity contribution is -0.274. The number of hydrogen-bond acceptors (Lipinski definition) is 3. The van der Waals surface area contributed by atoms with Crippen LogP contribution in [0.25, 0.3) is 0 Å². The van der Waals surface area contributed by atoms with Crippen molar-refractivity contribution in [3.8, 4) is 5.75 Å². The summed E-state index contributed by atoms with van der Waals surface area (Å²) in [6.07, 6.45) is -4.26. The first-order valence-electron chi connectivity index (χ1n) is 4.50. The number of rotatable bonds is 4. The Morgan fingerprint density at radius 1 is 1.29 bits per heavy atom. The van der Waals surface area contributed by atoms with Gasteiger partial charge in [0.05, 0.1) is 6.54 Å². The molecular weight excluding hydrogens is 239 g/mol. The van der Waals surface area contributed by atoms with E-state index in [4.69, 9.17) is 0 Å². The average Bonchev–Trinajstić information content (AvgIpc) is 2.24. The van der Waals surface area contributed by atoms with E-state index in [2.05, 4.69) is 10.1 Å². The van der Waals surface area contributed by atoms with E-state index in [0.717, 1.165) is 12.1 Å². The van der Waals surface area contributed by atoms with Gasteiger partial charge in [0.1, 0.15) is 12.0 Å². The van der Waals surface area contributed by atoms with Gasteiger partial charge in [-0.15, -0.1) is 13.2 Å². The summed E-state index contributed by atoms with van der Waals surface area (Å²) in [7, 11) is 0. The summed E-state index contributed by atoms with van der Waals surface area (Å²) in [4.78, 5) is 21.3. The third kappa shape index (κ3) is 4.54. The van der Waals surface area contributed by atoms with Crippen molar-refractivity contribution in [1.29, 1.82) is 0 Å². The Labute approximate surface area is 94.4 Å². The monoisotopic (exact) mass is 247 g/mol. The van der Waals surface area contributed by atoms with Gasteiger partial charge in [-0.2, -0.15) is 0 Å². The Bertz CT molecular complexity index is 400. The minimum atomic E-state index is -4.76. The van der Waals surface area contributed by atoms with Crippen LogP contribution in [0.4, 0.5) is 13.2 Å². The molecule has 1 aromatic rings. The van der Waals surface area contributed by atoms with Crippen LogP contribution < -0.4 is 10.1 Å². The predicted octanol–water partition coefficient (Wildman–Crippen LogP) is 1.51. The molecule has 92 valence electrons. The lowest BCUT2D eigenvalue weighted by Gasteiger charge is -2.09. The van der Waals surface area contributed by atoms with Crippen LogP contribution in [0.1, 0.15) is 10.4 Å². The largest absolute Gasteiger partial charge is 0.573 e. The molecule has 0 fully saturated rings. The highest BCUT2D eigenvalue weighted by atomic mass is 19.4. The van der Waals surface area contributed by atoms with Gasteiger partial charge >= 0.3 is 6.36 Å². The Kier molecular flexibility index (Phi) is 4.08. The van der Waals surface area contributed by atoms with Crippen LogP contribution in [0.5, 0.6) is 5.75 Å². The first kappa shape index (κ1) is 13.0. The number of nitrogens with one attached hydrogen (secondary N) is 1. The number of aldehydes is 1. The van der Waals surface area contributed by atoms with Crippen molar-refractivity contribution in [2.75, 3.05) is 6.54 Å². The molecule has 0 atom stereocenters. The molecule has 0 radical (unpaired) electrons. The SMILES string of the molecule is O=CCNC(=O)c1ccc(OC(F)(F)F)cc1. The minimum absolute atomic E-state index is 0.140. The van der Waals surface area contributed by atoms with E-state index in [0.29, 0.717) is 6.29 Å². The number of alkyl halides is 3. The van der Waals surface area contributed by atoms with E-state index >= 15 is 0 Å². The summed E-state index contributed by atoms with van der Waals surface area (Å²) in [5, 5.41) is 2.25. The molecule has 0 saturated heterocycles. The molecule has 7 heteroatoms. The van der Waals surface area contributed by atoms with Crippen molar-refractivity contribution in [1.82, 2.24) is 5.32 Å². The van der Waals surface area contributed by atoms with E-state index in [1.165, 1.54) is 12.1 Å². The molecule has 1 rings (SSSR count). The van der Waals surface area contributed by atoms with Gasteiger partial charge in [-0.1, -0.05) is 0 Å². The number of amides is 1. The molecule has 1 aromatic carbocycles. The van der Waals surface area contributed by atoms with Gasteiger partial charge in [-0.3, -0.25) is 4.79 Å². The Balaban J connectivity index is 2.67. The zero-order valence-corrected chi connectivity index (χ0v) is 8.45. The number of carbonyl (C=O) groups excluding carboxylic acids is 2. The number of ether oxygens (including phenoxy) is 1. The maximum absolute atomic E-state index is 11.8. The van der Waals surface area contributed by atoms with E-state index in [1.54, 1.807) is 0 Å². The molecule has 1 N–H and O–H groups in total. The Morgan fingerprint density at radius 3 is 2.35 bits per heavy atom. The minimum Gasteiger partial charge on any atom is -0.406 e. The van der Waals surface area contributed by atoms with Gasteiger partial charge in [0, 0.05) is 5.56 Å². The molecule has 0 unspecified atom stereocenters. The van der Waals surface area contributed by atoms with Gasteiger partial charge in [-0.25, -0.2) is 0 Å². The predicted molar refractivity (Wildman–Crippen MR) is 51.5 cm³/mol. The highest BCUT2D eigenvalue weighted by Crippen LogP contribution is 2.22. The molecule has 0 aliphatic rings. The van der Waals surface area contributed by atoms with Crippen LogP contribution in [-0.4, -0.2) is 25.1 Å². The number of halogens is 3. The summed E-state index contributed by atoms with van der Waals surface area (Å²) in [6.45, 7) is -0.153. The molecule has 17 heavy (non-hydrogen) atoms. The summed E-state index contributed by atoms with van der Waals surface area (Å²) >= 11 is 0. The van der Waals surface area contributed by atoms with Crippen molar-refractivity contribution in [3.05, 3.63) is 29.8 Å². The summed E-state index contributed by atoms with van der Waals surface area (Å²) < 4.78 is 39.1. The van der Waals surface area contributed by atoms with E-state index in [1.807, 2.05) is 0 Å². The van der Waals surface area contributed by atoms with Crippen LogP contribution in [0.2, 0.25) is 0 Å². The van der Waals surface area contributed by atoms with Crippen molar-refractivity contribution >= 4 is 12.2 Å². The van der Waals surface area contributed by atoms with Crippen LogP contribution in [0, 0.1) is 0 Å². The maximum Gasteiger partial charge on any atom is 0.573 e. The first-order valence-corrected chi connectivity index (χ1v) is 4.50. The van der Waals surface area contributed by atoms with E-state index < -0.39 is 18.0 Å². The van der Waals surface area contributed by atoms with Gasteiger partial charge < -0.3 is 14.8 Å². The third-order valence-electron chi connectivity index (χ3n) is 1.70. The lowest BCUT2D eigenvalue weighted by Crippen LogP contribution is -2.25. The second-order valence-electron chi connectivity index (χ2n) is 2.95. The van der Waals surface area contributed by atoms with Crippen molar-refractivity contribution in [3.63, 3.8) is 0 Å². The maximum atomic E-state index is 11.8. The standard InChI is InChI=1S/C10H8F3NO3/c11-10(12,13)17-8-3-1-7(2-4-8)9(16)14-5-6-15/h1-4,6H,5H2,(H,14,16). The van der Waals surface area contributed by atoms with Crippen molar-refractivity contribution in [2.45, 2.75) is 6.36 Å². The van der Waals surface area contributed by atoms with Gasteiger partial charge in [0.15, 0.2) is 0 Å². The number of carbonyl (C=O) groups is 2. The first-order chi connectivity index (χ1) is 7.92. The molecule has 0 heterocycles. The number of benzene rings is 1. The van der Waals surface area contributed by atoms with Crippen LogP contribution >= 0.6 is 0 Å². The van der Waals surface area contributed by atoms with Gasteiger partial charge in [0.2, 0.25) is 0 Å². The highest BCUT2D eigenvalue weighted by molar-refractivity contribution is 5.95. The molecule has 1 amide bonds. The molecule has 0 aliphatic carbocycles. The number of hydrogen-bond donors (Lipinski definition) is 1. The van der Waals surface area contributed by atoms with Gasteiger partial charge in [0.25, 0.3) is 5.91 Å².